The van der Waals surface area contributed by atoms with Gasteiger partial charge in [0.2, 0.25) is 0 Å². The van der Waals surface area contributed by atoms with Gasteiger partial charge in [-0.2, -0.15) is 0 Å². The molecular formula is C15H9FN2O. The van der Waals surface area contributed by atoms with Gasteiger partial charge in [0.25, 0.3) is 5.56 Å². The summed E-state index contributed by atoms with van der Waals surface area (Å²) in [7, 11) is 0. The van der Waals surface area contributed by atoms with E-state index in [4.69, 9.17) is 0 Å². The summed E-state index contributed by atoms with van der Waals surface area (Å²) in [6.07, 6.45) is 1.15. The summed E-state index contributed by atoms with van der Waals surface area (Å²) >= 11 is 0. The van der Waals surface area contributed by atoms with Gasteiger partial charge in [0.05, 0.1) is 17.4 Å². The maximum atomic E-state index is 13.4. The number of rotatable bonds is 1. The van der Waals surface area contributed by atoms with E-state index < -0.39 is 5.56 Å². The number of benzene rings is 2. The number of aromatic nitrogens is 2. The van der Waals surface area contributed by atoms with Crippen LogP contribution in [-0.2, 0) is 0 Å². The predicted octanol–water partition coefficient (Wildman–Crippen LogP) is 2.80. The summed E-state index contributed by atoms with van der Waals surface area (Å²) in [5, 5.41) is 0.522. The van der Waals surface area contributed by atoms with Crippen LogP contribution in [0.5, 0.6) is 0 Å². The minimum atomic E-state index is -0.446. The molecular weight excluding hydrogens is 243 g/mol. The molecule has 0 saturated heterocycles. The Morgan fingerprint density at radius 3 is 2.58 bits per heavy atom. The highest BCUT2D eigenvalue weighted by Crippen LogP contribution is 2.24. The minimum Gasteiger partial charge on any atom is -0.266 e. The van der Waals surface area contributed by atoms with Crippen LogP contribution in [0.15, 0.2) is 59.5 Å². The molecule has 0 unspecified atom stereocenters. The molecule has 0 N–H and O–H groups in total. The molecule has 3 nitrogen and oxygen atoms in total. The molecule has 0 bridgehead atoms. The molecule has 4 heteroatoms. The van der Waals surface area contributed by atoms with E-state index in [0.717, 1.165) is 11.8 Å². The third kappa shape index (κ3) is 2.20. The normalized spacial score (nSPS) is 10.6. The van der Waals surface area contributed by atoms with Gasteiger partial charge in [0, 0.05) is 10.9 Å². The van der Waals surface area contributed by atoms with E-state index in [-0.39, 0.29) is 5.82 Å². The van der Waals surface area contributed by atoms with Crippen LogP contribution in [0.4, 0.5) is 4.39 Å². The summed E-state index contributed by atoms with van der Waals surface area (Å²) in [5.41, 5.74) is 1.35. The van der Waals surface area contributed by atoms with Crippen molar-refractivity contribution in [1.82, 2.24) is 9.97 Å². The Morgan fingerprint density at radius 1 is 1.00 bits per heavy atom. The Morgan fingerprint density at radius 2 is 1.79 bits per heavy atom. The average molecular weight is 252 g/mol. The van der Waals surface area contributed by atoms with Crippen LogP contribution in [-0.4, -0.2) is 9.97 Å². The lowest BCUT2D eigenvalue weighted by molar-refractivity contribution is 0.629. The highest BCUT2D eigenvalue weighted by molar-refractivity contribution is 5.91. The van der Waals surface area contributed by atoms with Crippen molar-refractivity contribution in [3.63, 3.8) is 0 Å². The van der Waals surface area contributed by atoms with Crippen molar-refractivity contribution in [2.75, 3.05) is 0 Å². The molecule has 19 heavy (non-hydrogen) atoms. The second kappa shape index (κ2) is 4.57. The summed E-state index contributed by atoms with van der Waals surface area (Å²) in [4.78, 5) is 19.5. The predicted molar refractivity (Wildman–Crippen MR) is 71.2 cm³/mol. The Balaban J connectivity index is 2.45. The Bertz CT molecular complexity index is 803. The van der Waals surface area contributed by atoms with Crippen molar-refractivity contribution in [2.24, 2.45) is 0 Å². The van der Waals surface area contributed by atoms with Gasteiger partial charge in [-0.05, 0) is 18.2 Å². The summed E-state index contributed by atoms with van der Waals surface area (Å²) in [6, 6.07) is 13.4. The van der Waals surface area contributed by atoms with Crippen LogP contribution in [0.2, 0.25) is 0 Å². The van der Waals surface area contributed by atoms with Crippen LogP contribution >= 0.6 is 0 Å². The fourth-order valence-electron chi connectivity index (χ4n) is 1.96. The summed E-state index contributed by atoms with van der Waals surface area (Å²) in [6.45, 7) is 0. The number of hydrogen-bond acceptors (Lipinski definition) is 3. The molecule has 0 spiro atoms. The van der Waals surface area contributed by atoms with Crippen LogP contribution in [0, 0.1) is 5.82 Å². The molecule has 1 heterocycles. The highest BCUT2D eigenvalue weighted by Gasteiger charge is 2.06. The first-order chi connectivity index (χ1) is 9.24. The zero-order valence-electron chi connectivity index (χ0n) is 9.88. The monoisotopic (exact) mass is 252 g/mol. The van der Waals surface area contributed by atoms with Crippen LogP contribution < -0.4 is 5.56 Å². The van der Waals surface area contributed by atoms with Gasteiger partial charge in [0.15, 0.2) is 0 Å². The lowest BCUT2D eigenvalue weighted by atomic mass is 10.1. The Kier molecular flexibility index (Phi) is 2.76. The number of halogens is 1. The quantitative estimate of drug-likeness (QED) is 0.668. The van der Waals surface area contributed by atoms with E-state index in [0.29, 0.717) is 16.6 Å². The minimum absolute atomic E-state index is 0.382. The van der Waals surface area contributed by atoms with Gasteiger partial charge in [-0.25, -0.2) is 14.4 Å². The Labute approximate surface area is 108 Å². The first-order valence-corrected chi connectivity index (χ1v) is 5.76. The van der Waals surface area contributed by atoms with Gasteiger partial charge in [-0.15, -0.1) is 0 Å². The molecule has 2 aromatic carbocycles. The lowest BCUT2D eigenvalue weighted by Crippen LogP contribution is -1.98. The molecule has 1 aromatic heterocycles. The molecule has 0 radical (unpaired) electrons. The van der Waals surface area contributed by atoms with E-state index in [9.17, 15) is 9.18 Å². The van der Waals surface area contributed by atoms with E-state index >= 15 is 0 Å². The second-order valence-corrected chi connectivity index (χ2v) is 4.08. The maximum absolute atomic E-state index is 13.4. The van der Waals surface area contributed by atoms with E-state index in [1.54, 1.807) is 0 Å². The third-order valence-electron chi connectivity index (χ3n) is 2.80. The highest BCUT2D eigenvalue weighted by atomic mass is 19.1. The fourth-order valence-corrected chi connectivity index (χ4v) is 1.96. The van der Waals surface area contributed by atoms with Gasteiger partial charge in [-0.1, -0.05) is 30.3 Å². The fraction of sp³-hybridized carbons (Fsp3) is 0. The van der Waals surface area contributed by atoms with Gasteiger partial charge >= 0.3 is 0 Å². The SMILES string of the molecule is O=c1cnc(-c2ccccc2)c2cc(F)ccc2n1. The van der Waals surface area contributed by atoms with E-state index in [1.165, 1.54) is 18.2 Å². The van der Waals surface area contributed by atoms with E-state index in [2.05, 4.69) is 9.97 Å². The molecule has 0 amide bonds. The third-order valence-corrected chi connectivity index (χ3v) is 2.80. The molecule has 0 fully saturated rings. The molecule has 0 aliphatic heterocycles. The lowest BCUT2D eigenvalue weighted by Gasteiger charge is -2.01. The average Bonchev–Trinajstić information content (AvgIpc) is 2.58. The van der Waals surface area contributed by atoms with Gasteiger partial charge in [0.1, 0.15) is 5.82 Å². The first-order valence-electron chi connectivity index (χ1n) is 5.76. The van der Waals surface area contributed by atoms with Crippen molar-refractivity contribution in [3.05, 3.63) is 70.9 Å². The molecule has 3 aromatic rings. The molecule has 0 atom stereocenters. The second-order valence-electron chi connectivity index (χ2n) is 4.08. The maximum Gasteiger partial charge on any atom is 0.288 e. The largest absolute Gasteiger partial charge is 0.288 e. The van der Waals surface area contributed by atoms with Gasteiger partial charge < -0.3 is 0 Å². The molecule has 0 saturated carbocycles. The number of nitrogens with zero attached hydrogens (tertiary/aromatic N) is 2. The molecule has 92 valence electrons. The van der Waals surface area contributed by atoms with Crippen LogP contribution in [0.3, 0.4) is 0 Å². The molecule has 3 rings (SSSR count). The van der Waals surface area contributed by atoms with Crippen molar-refractivity contribution in [3.8, 4) is 11.3 Å². The van der Waals surface area contributed by atoms with Gasteiger partial charge in [-0.3, -0.25) is 4.79 Å². The smallest absolute Gasteiger partial charge is 0.266 e. The first kappa shape index (κ1) is 11.5. The number of fused-ring (bicyclic) bond motifs is 1. The van der Waals surface area contributed by atoms with Crippen LogP contribution in [0.25, 0.3) is 22.2 Å². The van der Waals surface area contributed by atoms with Crippen molar-refractivity contribution < 1.29 is 4.39 Å². The van der Waals surface area contributed by atoms with Crippen molar-refractivity contribution >= 4 is 10.9 Å². The standard InChI is InChI=1S/C15H9FN2O/c16-11-6-7-13-12(8-11)15(17-9-14(19)18-13)10-4-2-1-3-5-10/h1-9H. The Hall–Kier alpha value is -2.62. The van der Waals surface area contributed by atoms with Crippen molar-refractivity contribution in [1.29, 1.82) is 0 Å². The van der Waals surface area contributed by atoms with Crippen LogP contribution in [0.1, 0.15) is 0 Å². The summed E-state index contributed by atoms with van der Waals surface area (Å²) in [5.74, 6) is -0.382. The topological polar surface area (TPSA) is 42.9 Å². The molecule has 0 aliphatic carbocycles. The zero-order chi connectivity index (χ0) is 13.2. The number of hydrogen-bond donors (Lipinski definition) is 0. The van der Waals surface area contributed by atoms with E-state index in [1.807, 2.05) is 30.3 Å². The zero-order valence-corrected chi connectivity index (χ0v) is 9.88. The molecule has 0 aliphatic rings. The summed E-state index contributed by atoms with van der Waals surface area (Å²) < 4.78 is 13.4. The van der Waals surface area contributed by atoms with Crippen molar-refractivity contribution in [2.45, 2.75) is 0 Å².